The summed E-state index contributed by atoms with van der Waals surface area (Å²) in [7, 11) is 0. The molecule has 8 nitrogen and oxygen atoms in total. The summed E-state index contributed by atoms with van der Waals surface area (Å²) in [6, 6.07) is 14.2. The van der Waals surface area contributed by atoms with Gasteiger partial charge in [-0.2, -0.15) is 0 Å². The first-order valence-corrected chi connectivity index (χ1v) is 8.74. The minimum Gasteiger partial charge on any atom is -0.480 e. The Hall–Kier alpha value is -3.68. The number of hydrogen-bond acceptors (Lipinski definition) is 5. The molecule has 0 aliphatic heterocycles. The van der Waals surface area contributed by atoms with Gasteiger partial charge >= 0.3 is 11.9 Å². The van der Waals surface area contributed by atoms with Crippen LogP contribution in [0.4, 0.5) is 0 Å². The lowest BCUT2D eigenvalue weighted by molar-refractivity contribution is -0.141. The number of amides is 2. The van der Waals surface area contributed by atoms with Crippen LogP contribution in [-0.2, 0) is 14.3 Å². The van der Waals surface area contributed by atoms with Gasteiger partial charge in [0.15, 0.2) is 6.73 Å². The van der Waals surface area contributed by atoms with E-state index in [-0.39, 0.29) is 25.1 Å². The van der Waals surface area contributed by atoms with E-state index in [4.69, 9.17) is 5.11 Å². The van der Waals surface area contributed by atoms with Crippen LogP contribution >= 0.6 is 0 Å². The predicted octanol–water partition coefficient (Wildman–Crippen LogP) is 2.05. The number of hydrogen-bond donors (Lipinski definition) is 3. The molecule has 29 heavy (non-hydrogen) atoms. The third-order valence-electron chi connectivity index (χ3n) is 3.47. The third-order valence-corrected chi connectivity index (χ3v) is 3.47. The molecule has 8 heteroatoms. The second-order valence-corrected chi connectivity index (χ2v) is 6.10. The van der Waals surface area contributed by atoms with Gasteiger partial charge in [0.25, 0.3) is 11.8 Å². The summed E-state index contributed by atoms with van der Waals surface area (Å²) in [6.07, 6.45) is 0. The van der Waals surface area contributed by atoms with Crippen molar-refractivity contribution in [2.45, 2.75) is 20.8 Å². The number of carbonyl (C=O) groups excluding carboxylic acids is 3. The molecule has 0 spiro atoms. The van der Waals surface area contributed by atoms with Crippen molar-refractivity contribution >= 4 is 23.8 Å². The van der Waals surface area contributed by atoms with E-state index >= 15 is 0 Å². The fourth-order valence-corrected chi connectivity index (χ4v) is 2.14. The predicted molar refractivity (Wildman–Crippen MR) is 106 cm³/mol. The van der Waals surface area contributed by atoms with Crippen LogP contribution in [0.15, 0.2) is 48.5 Å². The summed E-state index contributed by atoms with van der Waals surface area (Å²) in [5, 5.41) is 13.1. The van der Waals surface area contributed by atoms with Crippen LogP contribution in [0, 0.1) is 13.8 Å². The first-order chi connectivity index (χ1) is 13.7. The van der Waals surface area contributed by atoms with Crippen LogP contribution in [0.5, 0.6) is 0 Å². The molecule has 0 unspecified atom stereocenters. The van der Waals surface area contributed by atoms with Crippen molar-refractivity contribution in [3.63, 3.8) is 0 Å². The molecular formula is C21H24N2O6. The number of nitrogens with one attached hydrogen (secondary N) is 2. The standard InChI is InChI=1S/C11H13NO3.C10H11NO3/c1-8-4-3-5-10(6-8)11(14)12-7-15-9(2)13;1-7-3-2-4-8(5-7)10(14)11-6-9(12)13/h3-6H,7H2,1-2H3,(H,12,14);2-5H,6H2,1H3,(H,11,14)(H,12,13). The highest BCUT2D eigenvalue weighted by Gasteiger charge is 2.06. The van der Waals surface area contributed by atoms with Crippen LogP contribution < -0.4 is 10.6 Å². The molecule has 0 saturated carbocycles. The number of rotatable bonds is 6. The number of carboxylic acids is 1. The molecule has 2 aromatic rings. The Kier molecular flexibility index (Phi) is 9.60. The number of carbonyl (C=O) groups is 4. The van der Waals surface area contributed by atoms with Gasteiger partial charge < -0.3 is 20.5 Å². The largest absolute Gasteiger partial charge is 0.480 e. The zero-order valence-electron chi connectivity index (χ0n) is 16.5. The molecule has 0 fully saturated rings. The van der Waals surface area contributed by atoms with Crippen LogP contribution in [0.1, 0.15) is 38.8 Å². The molecule has 0 bridgehead atoms. The van der Waals surface area contributed by atoms with Crippen LogP contribution in [-0.4, -0.2) is 42.1 Å². The van der Waals surface area contributed by atoms with Gasteiger partial charge in [-0.25, -0.2) is 0 Å². The second kappa shape index (κ2) is 11.9. The van der Waals surface area contributed by atoms with Crippen molar-refractivity contribution < 1.29 is 29.0 Å². The minimum absolute atomic E-state index is 0.0951. The maximum atomic E-state index is 11.5. The van der Waals surface area contributed by atoms with E-state index in [0.717, 1.165) is 11.1 Å². The Morgan fingerprint density at radius 1 is 0.862 bits per heavy atom. The van der Waals surface area contributed by atoms with Crippen LogP contribution in [0.3, 0.4) is 0 Å². The molecule has 0 saturated heterocycles. The maximum Gasteiger partial charge on any atom is 0.322 e. The third kappa shape index (κ3) is 9.71. The van der Waals surface area contributed by atoms with Gasteiger partial charge in [0, 0.05) is 18.1 Å². The van der Waals surface area contributed by atoms with Gasteiger partial charge in [-0.05, 0) is 38.1 Å². The highest BCUT2D eigenvalue weighted by atomic mass is 16.5. The topological polar surface area (TPSA) is 122 Å². The van der Waals surface area contributed by atoms with E-state index in [1.165, 1.54) is 6.92 Å². The Morgan fingerprint density at radius 2 is 1.34 bits per heavy atom. The summed E-state index contributed by atoms with van der Waals surface area (Å²) in [4.78, 5) is 43.4. The minimum atomic E-state index is -1.05. The molecule has 0 heterocycles. The van der Waals surface area contributed by atoms with Crippen molar-refractivity contribution in [2.75, 3.05) is 13.3 Å². The SMILES string of the molecule is CC(=O)OCNC(=O)c1cccc(C)c1.Cc1cccc(C(=O)NCC(=O)O)c1. The normalized spacial score (nSPS) is 9.48. The van der Waals surface area contributed by atoms with Crippen molar-refractivity contribution in [2.24, 2.45) is 0 Å². The highest BCUT2D eigenvalue weighted by Crippen LogP contribution is 2.04. The molecule has 0 aliphatic carbocycles. The monoisotopic (exact) mass is 400 g/mol. The summed E-state index contributed by atoms with van der Waals surface area (Å²) in [6.45, 7) is 4.62. The Bertz CT molecular complexity index is 879. The zero-order chi connectivity index (χ0) is 21.8. The quantitative estimate of drug-likeness (QED) is 0.504. The Balaban J connectivity index is 0.000000291. The summed E-state index contributed by atoms with van der Waals surface area (Å²) in [5.41, 5.74) is 3.01. The van der Waals surface area contributed by atoms with E-state index < -0.39 is 11.9 Å². The molecule has 2 aromatic carbocycles. The van der Waals surface area contributed by atoms with E-state index in [0.29, 0.717) is 11.1 Å². The fourth-order valence-electron chi connectivity index (χ4n) is 2.14. The lowest BCUT2D eigenvalue weighted by Crippen LogP contribution is -2.29. The van der Waals surface area contributed by atoms with Crippen molar-refractivity contribution in [1.82, 2.24) is 10.6 Å². The van der Waals surface area contributed by atoms with Gasteiger partial charge in [0.05, 0.1) is 0 Å². The van der Waals surface area contributed by atoms with Crippen LogP contribution in [0.25, 0.3) is 0 Å². The lowest BCUT2D eigenvalue weighted by atomic mass is 10.1. The van der Waals surface area contributed by atoms with Crippen molar-refractivity contribution in [3.05, 3.63) is 70.8 Å². The van der Waals surface area contributed by atoms with E-state index in [2.05, 4.69) is 15.4 Å². The molecule has 2 rings (SSSR count). The first-order valence-electron chi connectivity index (χ1n) is 8.74. The maximum absolute atomic E-state index is 11.5. The Morgan fingerprint density at radius 3 is 1.76 bits per heavy atom. The van der Waals surface area contributed by atoms with Gasteiger partial charge in [-0.3, -0.25) is 19.2 Å². The summed E-state index contributed by atoms with van der Waals surface area (Å²) < 4.78 is 4.59. The number of esters is 1. The smallest absolute Gasteiger partial charge is 0.322 e. The second-order valence-electron chi connectivity index (χ2n) is 6.10. The molecular weight excluding hydrogens is 376 g/mol. The average Bonchev–Trinajstić information content (AvgIpc) is 2.66. The number of benzene rings is 2. The molecule has 3 N–H and O–H groups in total. The highest BCUT2D eigenvalue weighted by molar-refractivity contribution is 5.96. The molecule has 0 aromatic heterocycles. The molecule has 154 valence electrons. The van der Waals surface area contributed by atoms with E-state index in [1.807, 2.05) is 26.0 Å². The Labute approximate surface area is 168 Å². The van der Waals surface area contributed by atoms with E-state index in [1.54, 1.807) is 36.4 Å². The van der Waals surface area contributed by atoms with Crippen molar-refractivity contribution in [3.8, 4) is 0 Å². The molecule has 0 atom stereocenters. The van der Waals surface area contributed by atoms with Gasteiger partial charge in [-0.1, -0.05) is 35.4 Å². The first kappa shape index (κ1) is 23.4. The molecule has 0 radical (unpaired) electrons. The van der Waals surface area contributed by atoms with Gasteiger partial charge in [-0.15, -0.1) is 0 Å². The summed E-state index contributed by atoms with van der Waals surface area (Å²) >= 11 is 0. The zero-order valence-corrected chi connectivity index (χ0v) is 16.5. The molecule has 2 amide bonds. The van der Waals surface area contributed by atoms with E-state index in [9.17, 15) is 19.2 Å². The van der Waals surface area contributed by atoms with Crippen molar-refractivity contribution in [1.29, 1.82) is 0 Å². The van der Waals surface area contributed by atoms with Crippen LogP contribution in [0.2, 0.25) is 0 Å². The average molecular weight is 400 g/mol. The number of carboxylic acid groups (broad SMARTS) is 1. The number of aryl methyl sites for hydroxylation is 2. The molecule has 0 aliphatic rings. The summed E-state index contributed by atoms with van der Waals surface area (Å²) in [5.74, 6) is -2.08. The lowest BCUT2D eigenvalue weighted by Gasteiger charge is -2.05. The van der Waals surface area contributed by atoms with Gasteiger partial charge in [0.1, 0.15) is 6.54 Å². The van der Waals surface area contributed by atoms with Gasteiger partial charge in [0.2, 0.25) is 0 Å². The fraction of sp³-hybridized carbons (Fsp3) is 0.238. The number of ether oxygens (including phenoxy) is 1. The number of aliphatic carboxylic acids is 1.